The zero-order chi connectivity index (χ0) is 10.9. The number of aromatic nitrogens is 2. The zero-order valence-electron chi connectivity index (χ0n) is 8.20. The second-order valence-electron chi connectivity index (χ2n) is 3.93. The van der Waals surface area contributed by atoms with Crippen LogP contribution in [0.4, 0.5) is 11.6 Å². The SMILES string of the molecule is Nc1ncnc(NCC2(CO)CC2)c1Br. The lowest BCUT2D eigenvalue weighted by Gasteiger charge is -2.14. The Morgan fingerprint density at radius 3 is 2.87 bits per heavy atom. The molecule has 2 rings (SSSR count). The van der Waals surface area contributed by atoms with Crippen LogP contribution in [0.25, 0.3) is 0 Å². The number of nitrogen functional groups attached to an aromatic ring is 1. The number of hydrogen-bond donors (Lipinski definition) is 3. The van der Waals surface area contributed by atoms with E-state index in [-0.39, 0.29) is 12.0 Å². The highest BCUT2D eigenvalue weighted by atomic mass is 79.9. The summed E-state index contributed by atoms with van der Waals surface area (Å²) in [5, 5.41) is 12.3. The normalized spacial score (nSPS) is 17.5. The van der Waals surface area contributed by atoms with E-state index in [4.69, 9.17) is 10.8 Å². The van der Waals surface area contributed by atoms with Gasteiger partial charge in [0.1, 0.15) is 22.4 Å². The van der Waals surface area contributed by atoms with Gasteiger partial charge in [-0.3, -0.25) is 0 Å². The predicted molar refractivity (Wildman–Crippen MR) is 61.4 cm³/mol. The van der Waals surface area contributed by atoms with Gasteiger partial charge in [0, 0.05) is 12.0 Å². The van der Waals surface area contributed by atoms with Crippen LogP contribution in [0.1, 0.15) is 12.8 Å². The Morgan fingerprint density at radius 2 is 2.27 bits per heavy atom. The number of halogens is 1. The number of aliphatic hydroxyl groups is 1. The van der Waals surface area contributed by atoms with Gasteiger partial charge in [-0.25, -0.2) is 9.97 Å². The van der Waals surface area contributed by atoms with Crippen LogP contribution >= 0.6 is 15.9 Å². The Kier molecular flexibility index (Phi) is 2.79. The topological polar surface area (TPSA) is 84.1 Å². The van der Waals surface area contributed by atoms with Crippen molar-refractivity contribution in [3.63, 3.8) is 0 Å². The summed E-state index contributed by atoms with van der Waals surface area (Å²) in [4.78, 5) is 7.92. The smallest absolute Gasteiger partial charge is 0.145 e. The summed E-state index contributed by atoms with van der Waals surface area (Å²) in [6.07, 6.45) is 3.55. The number of rotatable bonds is 4. The third kappa shape index (κ3) is 2.21. The molecular weight excluding hydrogens is 260 g/mol. The second kappa shape index (κ2) is 3.94. The molecule has 0 bridgehead atoms. The fourth-order valence-corrected chi connectivity index (χ4v) is 1.69. The molecule has 1 aliphatic carbocycles. The van der Waals surface area contributed by atoms with Crippen molar-refractivity contribution in [2.75, 3.05) is 24.2 Å². The molecule has 1 aromatic heterocycles. The predicted octanol–water partition coefficient (Wildman–Crippen LogP) is 1.01. The molecule has 5 nitrogen and oxygen atoms in total. The zero-order valence-corrected chi connectivity index (χ0v) is 9.79. The Bertz CT molecular complexity index is 367. The van der Waals surface area contributed by atoms with Crippen LogP contribution in [0.5, 0.6) is 0 Å². The highest BCUT2D eigenvalue weighted by molar-refractivity contribution is 9.10. The van der Waals surface area contributed by atoms with Gasteiger partial charge in [-0.1, -0.05) is 0 Å². The number of nitrogens with one attached hydrogen (secondary N) is 1. The minimum absolute atomic E-state index is 0.0547. The van der Waals surface area contributed by atoms with E-state index in [1.54, 1.807) is 0 Å². The highest BCUT2D eigenvalue weighted by Crippen LogP contribution is 2.45. The molecule has 1 heterocycles. The molecule has 1 aromatic rings. The van der Waals surface area contributed by atoms with Gasteiger partial charge in [0.2, 0.25) is 0 Å². The van der Waals surface area contributed by atoms with E-state index in [0.29, 0.717) is 16.1 Å². The van der Waals surface area contributed by atoms with Crippen molar-refractivity contribution in [2.24, 2.45) is 5.41 Å². The first-order chi connectivity index (χ1) is 7.17. The van der Waals surface area contributed by atoms with Crippen LogP contribution < -0.4 is 11.1 Å². The van der Waals surface area contributed by atoms with Gasteiger partial charge in [0.15, 0.2) is 0 Å². The summed E-state index contributed by atoms with van der Waals surface area (Å²) in [6.45, 7) is 0.941. The fraction of sp³-hybridized carbons (Fsp3) is 0.556. The summed E-state index contributed by atoms with van der Waals surface area (Å²) in [5.41, 5.74) is 5.68. The molecule has 0 aromatic carbocycles. The van der Waals surface area contributed by atoms with Crippen LogP contribution in [-0.2, 0) is 0 Å². The lowest BCUT2D eigenvalue weighted by Crippen LogP contribution is -2.20. The first-order valence-electron chi connectivity index (χ1n) is 4.78. The number of nitrogens with two attached hydrogens (primary N) is 1. The molecule has 0 unspecified atom stereocenters. The lowest BCUT2D eigenvalue weighted by molar-refractivity contribution is 0.219. The van der Waals surface area contributed by atoms with Gasteiger partial charge in [-0.2, -0.15) is 0 Å². The summed E-state index contributed by atoms with van der Waals surface area (Å²) in [7, 11) is 0. The van der Waals surface area contributed by atoms with E-state index in [9.17, 15) is 0 Å². The lowest BCUT2D eigenvalue weighted by atomic mass is 10.1. The first-order valence-corrected chi connectivity index (χ1v) is 5.57. The minimum Gasteiger partial charge on any atom is -0.396 e. The molecule has 82 valence electrons. The maximum atomic E-state index is 9.15. The molecule has 4 N–H and O–H groups in total. The molecule has 0 atom stereocenters. The van der Waals surface area contributed by atoms with E-state index < -0.39 is 0 Å². The molecule has 0 spiro atoms. The van der Waals surface area contributed by atoms with E-state index in [1.165, 1.54) is 6.33 Å². The van der Waals surface area contributed by atoms with Gasteiger partial charge in [0.05, 0.1) is 6.61 Å². The molecule has 1 fully saturated rings. The van der Waals surface area contributed by atoms with E-state index >= 15 is 0 Å². The summed E-state index contributed by atoms with van der Waals surface area (Å²) >= 11 is 3.32. The van der Waals surface area contributed by atoms with Gasteiger partial charge < -0.3 is 16.2 Å². The van der Waals surface area contributed by atoms with Crippen molar-refractivity contribution < 1.29 is 5.11 Å². The Hall–Kier alpha value is -0.880. The maximum absolute atomic E-state index is 9.15. The molecule has 0 aliphatic heterocycles. The molecule has 6 heteroatoms. The quantitative estimate of drug-likeness (QED) is 0.762. The van der Waals surface area contributed by atoms with Gasteiger partial charge in [0.25, 0.3) is 0 Å². The van der Waals surface area contributed by atoms with E-state index in [2.05, 4.69) is 31.2 Å². The molecule has 1 saturated carbocycles. The number of hydrogen-bond acceptors (Lipinski definition) is 5. The van der Waals surface area contributed by atoms with Crippen molar-refractivity contribution in [1.29, 1.82) is 0 Å². The molecule has 1 aliphatic rings. The summed E-state index contributed by atoms with van der Waals surface area (Å²) in [5.74, 6) is 1.10. The third-order valence-corrected chi connectivity index (χ3v) is 3.52. The van der Waals surface area contributed by atoms with Crippen LogP contribution in [0.3, 0.4) is 0 Å². The molecule has 0 radical (unpaired) electrons. The average Bonchev–Trinajstić information content (AvgIpc) is 3.01. The van der Waals surface area contributed by atoms with Gasteiger partial charge in [-0.05, 0) is 28.8 Å². The maximum Gasteiger partial charge on any atom is 0.145 e. The Morgan fingerprint density at radius 1 is 1.53 bits per heavy atom. The van der Waals surface area contributed by atoms with Gasteiger partial charge >= 0.3 is 0 Å². The van der Waals surface area contributed by atoms with E-state index in [1.807, 2.05) is 0 Å². The van der Waals surface area contributed by atoms with Crippen molar-refractivity contribution in [3.05, 3.63) is 10.8 Å². The molecule has 15 heavy (non-hydrogen) atoms. The number of aliphatic hydroxyl groups excluding tert-OH is 1. The third-order valence-electron chi connectivity index (χ3n) is 2.74. The average molecular weight is 273 g/mol. The highest BCUT2D eigenvalue weighted by Gasteiger charge is 2.41. The Balaban J connectivity index is 2.02. The number of nitrogens with zero attached hydrogens (tertiary/aromatic N) is 2. The van der Waals surface area contributed by atoms with Crippen LogP contribution in [0.15, 0.2) is 10.8 Å². The van der Waals surface area contributed by atoms with Crippen molar-refractivity contribution in [1.82, 2.24) is 9.97 Å². The van der Waals surface area contributed by atoms with Crippen LogP contribution in [-0.4, -0.2) is 28.2 Å². The first kappa shape index (κ1) is 10.6. The summed E-state index contributed by atoms with van der Waals surface area (Å²) in [6, 6.07) is 0. The Labute approximate surface area is 96.2 Å². The van der Waals surface area contributed by atoms with Crippen LogP contribution in [0.2, 0.25) is 0 Å². The fourth-order valence-electron chi connectivity index (χ4n) is 1.35. The van der Waals surface area contributed by atoms with E-state index in [0.717, 1.165) is 19.4 Å². The second-order valence-corrected chi connectivity index (χ2v) is 4.73. The van der Waals surface area contributed by atoms with Crippen molar-refractivity contribution >= 4 is 27.6 Å². The van der Waals surface area contributed by atoms with Gasteiger partial charge in [-0.15, -0.1) is 0 Å². The minimum atomic E-state index is 0.0547. The number of anilines is 2. The standard InChI is InChI=1S/C9H13BrN4O/c10-6-7(11)13-5-14-8(6)12-3-9(4-15)1-2-9/h5,15H,1-4H2,(H3,11,12,13,14). The van der Waals surface area contributed by atoms with Crippen LogP contribution in [0, 0.1) is 5.41 Å². The molecular formula is C9H13BrN4O. The van der Waals surface area contributed by atoms with Crippen molar-refractivity contribution in [3.8, 4) is 0 Å². The summed E-state index contributed by atoms with van der Waals surface area (Å²) < 4.78 is 0.679. The largest absolute Gasteiger partial charge is 0.396 e. The van der Waals surface area contributed by atoms with Crippen molar-refractivity contribution in [2.45, 2.75) is 12.8 Å². The molecule has 0 saturated heterocycles. The molecule has 0 amide bonds. The monoisotopic (exact) mass is 272 g/mol.